The fourth-order valence-corrected chi connectivity index (χ4v) is 3.77. The highest BCUT2D eigenvalue weighted by Crippen LogP contribution is 2.38. The van der Waals surface area contributed by atoms with Gasteiger partial charge in [0.1, 0.15) is 5.75 Å². The Hall–Kier alpha value is -3.13. The second-order valence-corrected chi connectivity index (χ2v) is 7.08. The molecule has 1 aromatic carbocycles. The fourth-order valence-electron chi connectivity index (χ4n) is 2.86. The number of amides is 2. The Morgan fingerprint density at radius 2 is 2.22 bits per heavy atom. The molecule has 0 spiro atoms. The van der Waals surface area contributed by atoms with Gasteiger partial charge in [0.2, 0.25) is 0 Å². The summed E-state index contributed by atoms with van der Waals surface area (Å²) >= 11 is 1.42. The van der Waals surface area contributed by atoms with Gasteiger partial charge in [-0.25, -0.2) is 4.98 Å². The summed E-state index contributed by atoms with van der Waals surface area (Å²) in [5.74, 6) is 0.462. The Bertz CT molecular complexity index is 1010. The van der Waals surface area contributed by atoms with Gasteiger partial charge in [-0.2, -0.15) is 0 Å². The summed E-state index contributed by atoms with van der Waals surface area (Å²) in [5.41, 5.74) is 2.36. The molecule has 3 aromatic rings. The number of aromatic nitrogens is 1. The highest BCUT2D eigenvalue weighted by atomic mass is 32.1. The third kappa shape index (κ3) is 3.19. The van der Waals surface area contributed by atoms with Crippen molar-refractivity contribution in [2.75, 3.05) is 23.9 Å². The van der Waals surface area contributed by atoms with E-state index in [-0.39, 0.29) is 24.2 Å². The minimum atomic E-state index is -0.341. The van der Waals surface area contributed by atoms with E-state index in [0.29, 0.717) is 16.6 Å². The molecule has 7 nitrogen and oxygen atoms in total. The monoisotopic (exact) mass is 383 g/mol. The number of likely N-dealkylation sites (N-methyl/N-ethyl adjacent to an activating group) is 1. The summed E-state index contributed by atoms with van der Waals surface area (Å²) in [7, 11) is 1.73. The molecule has 2 aromatic heterocycles. The van der Waals surface area contributed by atoms with E-state index < -0.39 is 0 Å². The van der Waals surface area contributed by atoms with Gasteiger partial charge in [-0.3, -0.25) is 14.9 Å². The molecule has 8 heteroatoms. The summed E-state index contributed by atoms with van der Waals surface area (Å²) < 4.78 is 10.6. The molecule has 27 heavy (non-hydrogen) atoms. The Kier molecular flexibility index (Phi) is 4.41. The second-order valence-electron chi connectivity index (χ2n) is 6.00. The first-order chi connectivity index (χ1) is 13.1. The molecule has 1 aliphatic rings. The van der Waals surface area contributed by atoms with Crippen molar-refractivity contribution in [1.82, 2.24) is 4.98 Å². The Morgan fingerprint density at radius 1 is 1.37 bits per heavy atom. The van der Waals surface area contributed by atoms with E-state index in [1.54, 1.807) is 24.1 Å². The molecule has 0 saturated carbocycles. The van der Waals surface area contributed by atoms with Gasteiger partial charge in [-0.15, -0.1) is 11.3 Å². The molecular weight excluding hydrogens is 366 g/mol. The molecule has 0 aliphatic carbocycles. The molecular formula is C19H17N3O4S. The zero-order valence-corrected chi connectivity index (χ0v) is 15.6. The SMILES string of the molecule is CCc1sc(NC(=O)c2ccco2)nc1-c1ccc2c(c1)N(C)C(=O)CO2. The van der Waals surface area contributed by atoms with Crippen molar-refractivity contribution in [2.45, 2.75) is 13.3 Å². The minimum absolute atomic E-state index is 0.0444. The Morgan fingerprint density at radius 3 is 2.96 bits per heavy atom. The number of carbonyl (C=O) groups excluding carboxylic acids is 2. The number of nitrogens with one attached hydrogen (secondary N) is 1. The van der Waals surface area contributed by atoms with Crippen molar-refractivity contribution in [3.05, 3.63) is 47.2 Å². The molecule has 1 aliphatic heterocycles. The van der Waals surface area contributed by atoms with Gasteiger partial charge >= 0.3 is 0 Å². The van der Waals surface area contributed by atoms with Crippen LogP contribution in [0, 0.1) is 0 Å². The summed E-state index contributed by atoms with van der Waals surface area (Å²) in [5, 5.41) is 3.27. The molecule has 0 atom stereocenters. The largest absolute Gasteiger partial charge is 0.482 e. The molecule has 1 N–H and O–H groups in total. The highest BCUT2D eigenvalue weighted by molar-refractivity contribution is 7.16. The molecule has 0 fully saturated rings. The first kappa shape index (κ1) is 17.3. The Balaban J connectivity index is 1.67. The number of carbonyl (C=O) groups is 2. The van der Waals surface area contributed by atoms with Crippen molar-refractivity contribution in [1.29, 1.82) is 0 Å². The number of fused-ring (bicyclic) bond motifs is 1. The normalized spacial score (nSPS) is 13.3. The summed E-state index contributed by atoms with van der Waals surface area (Å²) in [6, 6.07) is 8.90. The van der Waals surface area contributed by atoms with E-state index in [0.717, 1.165) is 22.6 Å². The average Bonchev–Trinajstić information content (AvgIpc) is 3.34. The summed E-state index contributed by atoms with van der Waals surface area (Å²) in [6.07, 6.45) is 2.22. The van der Waals surface area contributed by atoms with E-state index in [1.807, 2.05) is 25.1 Å². The van der Waals surface area contributed by atoms with Crippen LogP contribution in [0.25, 0.3) is 11.3 Å². The maximum absolute atomic E-state index is 12.2. The number of aryl methyl sites for hydroxylation is 1. The molecule has 2 amide bonds. The summed E-state index contributed by atoms with van der Waals surface area (Å²) in [4.78, 5) is 31.3. The number of rotatable bonds is 4. The number of ether oxygens (including phenoxy) is 1. The van der Waals surface area contributed by atoms with Crippen molar-refractivity contribution >= 4 is 34.0 Å². The smallest absolute Gasteiger partial charge is 0.293 e. The minimum Gasteiger partial charge on any atom is -0.482 e. The average molecular weight is 383 g/mol. The number of benzene rings is 1. The number of hydrogen-bond donors (Lipinski definition) is 1. The highest BCUT2D eigenvalue weighted by Gasteiger charge is 2.24. The lowest BCUT2D eigenvalue weighted by atomic mass is 10.1. The van der Waals surface area contributed by atoms with Crippen LogP contribution >= 0.6 is 11.3 Å². The standard InChI is InChI=1S/C19H17N3O4S/c1-3-15-17(20-19(27-15)21-18(24)14-5-4-8-25-14)11-6-7-13-12(9-11)22(2)16(23)10-26-13/h4-9H,3,10H2,1-2H3,(H,20,21,24). The maximum Gasteiger partial charge on any atom is 0.293 e. The lowest BCUT2D eigenvalue weighted by Gasteiger charge is -2.26. The lowest BCUT2D eigenvalue weighted by Crippen LogP contribution is -2.35. The van der Waals surface area contributed by atoms with Crippen LogP contribution in [0.1, 0.15) is 22.4 Å². The topological polar surface area (TPSA) is 84.7 Å². The lowest BCUT2D eigenvalue weighted by molar-refractivity contribution is -0.120. The van der Waals surface area contributed by atoms with E-state index in [2.05, 4.69) is 10.3 Å². The van der Waals surface area contributed by atoms with E-state index in [9.17, 15) is 9.59 Å². The van der Waals surface area contributed by atoms with E-state index in [1.165, 1.54) is 17.6 Å². The van der Waals surface area contributed by atoms with Gasteiger partial charge in [-0.1, -0.05) is 6.92 Å². The first-order valence-electron chi connectivity index (χ1n) is 8.45. The molecule has 0 unspecified atom stereocenters. The van der Waals surface area contributed by atoms with Crippen molar-refractivity contribution in [3.63, 3.8) is 0 Å². The Labute approximate surface area is 159 Å². The van der Waals surface area contributed by atoms with Crippen LogP contribution in [-0.2, 0) is 11.2 Å². The fraction of sp³-hybridized carbons (Fsp3) is 0.211. The van der Waals surface area contributed by atoms with Gasteiger partial charge in [0.15, 0.2) is 17.5 Å². The van der Waals surface area contributed by atoms with Crippen molar-refractivity contribution in [3.8, 4) is 17.0 Å². The van der Waals surface area contributed by atoms with Gasteiger partial charge < -0.3 is 14.1 Å². The van der Waals surface area contributed by atoms with Gasteiger partial charge in [0.05, 0.1) is 17.6 Å². The zero-order chi connectivity index (χ0) is 19.0. The molecule has 138 valence electrons. The zero-order valence-electron chi connectivity index (χ0n) is 14.8. The third-order valence-corrected chi connectivity index (χ3v) is 5.42. The molecule has 0 bridgehead atoms. The molecule has 4 rings (SSSR count). The van der Waals surface area contributed by atoms with Crippen LogP contribution < -0.4 is 15.0 Å². The van der Waals surface area contributed by atoms with Gasteiger partial charge in [0.25, 0.3) is 11.8 Å². The molecule has 0 saturated heterocycles. The molecule has 3 heterocycles. The second kappa shape index (κ2) is 6.88. The summed E-state index contributed by atoms with van der Waals surface area (Å²) in [6.45, 7) is 2.08. The predicted octanol–water partition coefficient (Wildman–Crippen LogP) is 3.57. The number of anilines is 2. The first-order valence-corrected chi connectivity index (χ1v) is 9.26. The van der Waals surface area contributed by atoms with Crippen molar-refractivity contribution < 1.29 is 18.7 Å². The number of thiazole rings is 1. The van der Waals surface area contributed by atoms with Crippen LogP contribution in [0.5, 0.6) is 5.75 Å². The van der Waals surface area contributed by atoms with Gasteiger partial charge in [0, 0.05) is 17.5 Å². The quantitative estimate of drug-likeness (QED) is 0.744. The third-order valence-electron chi connectivity index (χ3n) is 4.30. The molecule has 0 radical (unpaired) electrons. The number of hydrogen-bond acceptors (Lipinski definition) is 6. The van der Waals surface area contributed by atoms with Crippen LogP contribution in [0.2, 0.25) is 0 Å². The maximum atomic E-state index is 12.2. The van der Waals surface area contributed by atoms with E-state index in [4.69, 9.17) is 9.15 Å². The van der Waals surface area contributed by atoms with Crippen LogP contribution in [0.4, 0.5) is 10.8 Å². The van der Waals surface area contributed by atoms with Crippen LogP contribution in [0.15, 0.2) is 41.0 Å². The van der Waals surface area contributed by atoms with Crippen LogP contribution in [0.3, 0.4) is 0 Å². The number of furan rings is 1. The van der Waals surface area contributed by atoms with Crippen LogP contribution in [-0.4, -0.2) is 30.5 Å². The van der Waals surface area contributed by atoms with E-state index >= 15 is 0 Å². The number of nitrogens with zero attached hydrogens (tertiary/aromatic N) is 2. The van der Waals surface area contributed by atoms with Gasteiger partial charge in [-0.05, 0) is 36.8 Å². The van der Waals surface area contributed by atoms with Crippen molar-refractivity contribution in [2.24, 2.45) is 0 Å². The predicted molar refractivity (Wildman–Crippen MR) is 102 cm³/mol.